The molecule has 2 aliphatic heterocycles. The zero-order valence-corrected chi connectivity index (χ0v) is 24.2. The summed E-state index contributed by atoms with van der Waals surface area (Å²) < 4.78 is 39.4. The number of anilines is 5. The fourth-order valence-corrected chi connectivity index (χ4v) is 5.46. The van der Waals surface area contributed by atoms with Gasteiger partial charge in [0.25, 0.3) is 5.91 Å². The molecule has 2 aliphatic rings. The van der Waals surface area contributed by atoms with Crippen molar-refractivity contribution in [2.75, 3.05) is 46.6 Å². The smallest absolute Gasteiger partial charge is 0.416 e. The quantitative estimate of drug-likeness (QED) is 0.207. The van der Waals surface area contributed by atoms with Crippen LogP contribution in [0.5, 0.6) is 5.75 Å². The van der Waals surface area contributed by atoms with Gasteiger partial charge in [-0.25, -0.2) is 0 Å². The molecule has 2 fully saturated rings. The number of nitrogens with two attached hydrogens (primary N) is 4. The summed E-state index contributed by atoms with van der Waals surface area (Å²) in [6.45, 7) is 1.93. The molecule has 1 aromatic heterocycles. The van der Waals surface area contributed by atoms with Crippen LogP contribution in [0.1, 0.15) is 28.8 Å². The lowest BCUT2D eigenvalue weighted by molar-refractivity contribution is -0.137. The zero-order chi connectivity index (χ0) is 31.8. The number of benzene rings is 2. The molecule has 3 heterocycles. The number of rotatable bonds is 6. The minimum Gasteiger partial charge on any atom is -0.507 e. The SMILES string of the molecule is N[C@@H]1C[C@H](N)CN(c2nc(Nc3ccc(C(=O)Nc4cc(C(F)(F)F)ccc4Cl)c(O)c3)nc(N3C[C@H](N)C[C@H](N)C3)n2)C1. The van der Waals surface area contributed by atoms with E-state index in [9.17, 15) is 23.1 Å². The zero-order valence-electron chi connectivity index (χ0n) is 23.4. The standard InChI is InChI=1S/C27H33ClF3N11O2/c28-20-4-1-13(27(29,30)31)5-21(20)37-23(44)19-3-2-18(8-22(19)43)36-24-38-25(41-9-14(32)6-15(33)10-41)40-26(39-24)42-11-16(34)7-17(35)12-42/h1-5,8,14-17,43H,6-7,9-12,32-35H2,(H,37,44)(H,36,38,39,40)/t14-,15+,16-,17+. The number of phenols is 1. The first-order chi connectivity index (χ1) is 20.7. The highest BCUT2D eigenvalue weighted by Crippen LogP contribution is 2.34. The maximum Gasteiger partial charge on any atom is 0.416 e. The van der Waals surface area contributed by atoms with E-state index < -0.39 is 23.4 Å². The van der Waals surface area contributed by atoms with Gasteiger partial charge in [0.05, 0.1) is 21.8 Å². The normalized spacial score (nSPS) is 22.5. The van der Waals surface area contributed by atoms with Crippen molar-refractivity contribution >= 4 is 46.7 Å². The van der Waals surface area contributed by atoms with Crippen molar-refractivity contribution in [3.05, 3.63) is 52.5 Å². The largest absolute Gasteiger partial charge is 0.507 e. The second-order valence-electron chi connectivity index (χ2n) is 11.1. The molecule has 0 spiro atoms. The van der Waals surface area contributed by atoms with E-state index >= 15 is 0 Å². The van der Waals surface area contributed by atoms with Gasteiger partial charge in [0, 0.05) is 62.1 Å². The summed E-state index contributed by atoms with van der Waals surface area (Å²) in [5.41, 5.74) is 23.7. The molecular weight excluding hydrogens is 603 g/mol. The van der Waals surface area contributed by atoms with E-state index in [1.165, 1.54) is 18.2 Å². The van der Waals surface area contributed by atoms with Crippen molar-refractivity contribution < 1.29 is 23.1 Å². The summed E-state index contributed by atoms with van der Waals surface area (Å²) in [5.74, 6) is -0.498. The van der Waals surface area contributed by atoms with Gasteiger partial charge in [-0.05, 0) is 43.2 Å². The molecule has 17 heteroatoms. The van der Waals surface area contributed by atoms with Crippen LogP contribution in [0.2, 0.25) is 5.02 Å². The van der Waals surface area contributed by atoms with Crippen LogP contribution in [0, 0.1) is 0 Å². The van der Waals surface area contributed by atoms with Crippen LogP contribution in [0.15, 0.2) is 36.4 Å². The minimum absolute atomic E-state index is 0.100. The number of hydrogen-bond acceptors (Lipinski definition) is 12. The Labute approximate surface area is 255 Å². The Kier molecular flexibility index (Phi) is 8.99. The van der Waals surface area contributed by atoms with Gasteiger partial charge in [0.15, 0.2) is 0 Å². The first kappa shape index (κ1) is 31.5. The van der Waals surface area contributed by atoms with Gasteiger partial charge in [0.1, 0.15) is 5.75 Å². The van der Waals surface area contributed by atoms with E-state index in [1.807, 2.05) is 9.80 Å². The van der Waals surface area contributed by atoms with Crippen molar-refractivity contribution in [1.82, 2.24) is 15.0 Å². The Morgan fingerprint density at radius 3 is 1.91 bits per heavy atom. The molecular formula is C27H33ClF3N11O2. The number of carbonyl (C=O) groups is 1. The van der Waals surface area contributed by atoms with Crippen molar-refractivity contribution in [3.63, 3.8) is 0 Å². The number of nitrogens with zero attached hydrogens (tertiary/aromatic N) is 5. The Hall–Kier alpha value is -3.96. The number of amides is 1. The third-order valence-corrected chi connectivity index (χ3v) is 7.58. The average Bonchev–Trinajstić information content (AvgIpc) is 2.92. The van der Waals surface area contributed by atoms with Crippen molar-refractivity contribution in [2.24, 2.45) is 22.9 Å². The van der Waals surface area contributed by atoms with Gasteiger partial charge in [-0.3, -0.25) is 4.79 Å². The first-order valence-electron chi connectivity index (χ1n) is 13.8. The summed E-state index contributed by atoms with van der Waals surface area (Å²) in [4.78, 5) is 30.4. The summed E-state index contributed by atoms with van der Waals surface area (Å²) in [6, 6.07) is 5.88. The second-order valence-corrected chi connectivity index (χ2v) is 11.5. The summed E-state index contributed by atoms with van der Waals surface area (Å²) in [6.07, 6.45) is -3.31. The van der Waals surface area contributed by atoms with Crippen molar-refractivity contribution in [1.29, 1.82) is 0 Å². The van der Waals surface area contributed by atoms with Crippen molar-refractivity contribution in [3.8, 4) is 5.75 Å². The molecule has 2 saturated heterocycles. The number of aromatic nitrogens is 3. The monoisotopic (exact) mass is 635 g/mol. The Morgan fingerprint density at radius 2 is 1.41 bits per heavy atom. The molecule has 3 aromatic rings. The van der Waals surface area contributed by atoms with E-state index in [0.717, 1.165) is 12.1 Å². The van der Waals surface area contributed by atoms with E-state index in [4.69, 9.17) is 34.5 Å². The Morgan fingerprint density at radius 1 is 0.864 bits per heavy atom. The lowest BCUT2D eigenvalue weighted by Crippen LogP contribution is -2.54. The van der Waals surface area contributed by atoms with Gasteiger partial charge in [-0.15, -0.1) is 0 Å². The molecule has 0 radical (unpaired) electrons. The number of carbonyl (C=O) groups excluding carboxylic acids is 1. The molecule has 4 atom stereocenters. The number of aromatic hydroxyl groups is 1. The number of hydrogen-bond donors (Lipinski definition) is 7. The predicted molar refractivity (Wildman–Crippen MR) is 161 cm³/mol. The fraction of sp³-hybridized carbons (Fsp3) is 0.407. The van der Waals surface area contributed by atoms with E-state index in [2.05, 4.69) is 25.6 Å². The number of piperidine rings is 2. The summed E-state index contributed by atoms with van der Waals surface area (Å²) in [5, 5.41) is 15.9. The first-order valence-corrected chi connectivity index (χ1v) is 14.2. The highest BCUT2D eigenvalue weighted by Gasteiger charge is 2.32. The molecule has 0 saturated carbocycles. The van der Waals surface area contributed by atoms with Gasteiger partial charge >= 0.3 is 6.18 Å². The number of nitrogens with one attached hydrogen (secondary N) is 2. The van der Waals surface area contributed by atoms with E-state index in [0.29, 0.717) is 62.7 Å². The number of alkyl halides is 3. The molecule has 0 unspecified atom stereocenters. The number of halogens is 4. The second kappa shape index (κ2) is 12.6. The molecule has 11 N–H and O–H groups in total. The highest BCUT2D eigenvalue weighted by atomic mass is 35.5. The molecule has 2 aromatic carbocycles. The number of phenolic OH excluding ortho intramolecular Hbond substituents is 1. The van der Waals surface area contributed by atoms with E-state index in [-0.39, 0.29) is 46.4 Å². The molecule has 0 bridgehead atoms. The molecule has 44 heavy (non-hydrogen) atoms. The van der Waals surface area contributed by atoms with Gasteiger partial charge in [-0.1, -0.05) is 11.6 Å². The van der Waals surface area contributed by atoms with Crippen LogP contribution in [0.4, 0.5) is 42.4 Å². The molecule has 5 rings (SSSR count). The van der Waals surface area contributed by atoms with Crippen LogP contribution in [0.3, 0.4) is 0 Å². The predicted octanol–water partition coefficient (Wildman–Crippen LogP) is 1.97. The summed E-state index contributed by atoms with van der Waals surface area (Å²) in [7, 11) is 0. The maximum atomic E-state index is 13.1. The van der Waals surface area contributed by atoms with Gasteiger partial charge < -0.3 is 48.5 Å². The lowest BCUT2D eigenvalue weighted by atomic mass is 10.0. The molecule has 236 valence electrons. The van der Waals surface area contributed by atoms with Gasteiger partial charge in [0.2, 0.25) is 17.8 Å². The average molecular weight is 636 g/mol. The molecule has 13 nitrogen and oxygen atoms in total. The molecule has 1 amide bonds. The Bertz CT molecular complexity index is 1460. The maximum absolute atomic E-state index is 13.1. The third-order valence-electron chi connectivity index (χ3n) is 7.25. The van der Waals surface area contributed by atoms with Crippen molar-refractivity contribution in [2.45, 2.75) is 43.2 Å². The third kappa shape index (κ3) is 7.39. The van der Waals surface area contributed by atoms with Crippen LogP contribution in [0.25, 0.3) is 0 Å². The Balaban J connectivity index is 1.40. The van der Waals surface area contributed by atoms with Crippen LogP contribution in [-0.2, 0) is 6.18 Å². The van der Waals surface area contributed by atoms with Crippen LogP contribution < -0.4 is 43.4 Å². The highest BCUT2D eigenvalue weighted by molar-refractivity contribution is 6.34. The molecule has 0 aliphatic carbocycles. The van der Waals surface area contributed by atoms with Gasteiger partial charge in [-0.2, -0.15) is 28.1 Å². The van der Waals surface area contributed by atoms with E-state index in [1.54, 1.807) is 0 Å². The van der Waals surface area contributed by atoms with Crippen LogP contribution >= 0.6 is 11.6 Å². The fourth-order valence-electron chi connectivity index (χ4n) is 5.29. The lowest BCUT2D eigenvalue weighted by Gasteiger charge is -2.37. The topological polar surface area (TPSA) is 211 Å². The minimum atomic E-state index is -4.63. The van der Waals surface area contributed by atoms with Crippen LogP contribution in [-0.4, -0.2) is 76.3 Å². The summed E-state index contributed by atoms with van der Waals surface area (Å²) >= 11 is 5.99.